The maximum Gasteiger partial charge on any atom is -0.0292 e. The molecular weight excluding hydrogens is 144 g/mol. The molecule has 0 aromatic rings. The van der Waals surface area contributed by atoms with E-state index in [1.165, 1.54) is 32.1 Å². The van der Waals surface area contributed by atoms with Crippen molar-refractivity contribution in [2.75, 3.05) is 0 Å². The molecule has 0 atom stereocenters. The highest BCUT2D eigenvalue weighted by Gasteiger charge is 2.04. The summed E-state index contributed by atoms with van der Waals surface area (Å²) in [5, 5.41) is 0. The summed E-state index contributed by atoms with van der Waals surface area (Å²) in [7, 11) is 0. The molecule has 0 aromatic heterocycles. The van der Waals surface area contributed by atoms with E-state index < -0.39 is 0 Å². The van der Waals surface area contributed by atoms with Crippen LogP contribution in [0.1, 0.15) is 59.8 Å². The van der Waals surface area contributed by atoms with Crippen LogP contribution in [0.15, 0.2) is 11.6 Å². The van der Waals surface area contributed by atoms with Crippen LogP contribution in [0.4, 0.5) is 0 Å². The number of rotatable bonds is 6. The molecule has 0 aliphatic rings. The minimum Gasteiger partial charge on any atom is -0.0856 e. The second-order valence-corrected chi connectivity index (χ2v) is 3.51. The molecule has 0 amide bonds. The van der Waals surface area contributed by atoms with Gasteiger partial charge in [0.15, 0.2) is 0 Å². The molecule has 0 bridgehead atoms. The highest BCUT2D eigenvalue weighted by atomic mass is 14.1. The van der Waals surface area contributed by atoms with Crippen molar-refractivity contribution in [3.05, 3.63) is 11.6 Å². The first-order chi connectivity index (χ1) is 5.78. The second-order valence-electron chi connectivity index (χ2n) is 3.51. The first kappa shape index (κ1) is 11.7. The van der Waals surface area contributed by atoms with Gasteiger partial charge in [-0.1, -0.05) is 52.2 Å². The van der Waals surface area contributed by atoms with E-state index in [0.717, 1.165) is 5.92 Å². The standard InChI is InChI=1S/C12H24/c1-5-9-12(8-4)10-11(6-2)7-3/h9,11H,5-8,10H2,1-4H3. The molecule has 0 heterocycles. The van der Waals surface area contributed by atoms with Crippen LogP contribution >= 0.6 is 0 Å². The highest BCUT2D eigenvalue weighted by molar-refractivity contribution is 5.01. The summed E-state index contributed by atoms with van der Waals surface area (Å²) >= 11 is 0. The van der Waals surface area contributed by atoms with E-state index in [9.17, 15) is 0 Å². The van der Waals surface area contributed by atoms with Crippen molar-refractivity contribution >= 4 is 0 Å². The third-order valence-corrected chi connectivity index (χ3v) is 2.65. The van der Waals surface area contributed by atoms with Crippen LogP contribution in [0.25, 0.3) is 0 Å². The molecule has 0 fully saturated rings. The van der Waals surface area contributed by atoms with E-state index in [2.05, 4.69) is 33.8 Å². The van der Waals surface area contributed by atoms with Crippen LogP contribution in [0, 0.1) is 5.92 Å². The van der Waals surface area contributed by atoms with Gasteiger partial charge in [0.25, 0.3) is 0 Å². The molecule has 0 aliphatic heterocycles. The molecule has 0 unspecified atom stereocenters. The fourth-order valence-corrected chi connectivity index (χ4v) is 1.61. The lowest BCUT2D eigenvalue weighted by atomic mass is 9.93. The third kappa shape index (κ3) is 4.58. The van der Waals surface area contributed by atoms with E-state index >= 15 is 0 Å². The summed E-state index contributed by atoms with van der Waals surface area (Å²) in [5.41, 5.74) is 1.66. The van der Waals surface area contributed by atoms with E-state index in [1.807, 2.05) is 0 Å². The Hall–Kier alpha value is -0.260. The van der Waals surface area contributed by atoms with Crippen LogP contribution in [0.5, 0.6) is 0 Å². The Labute approximate surface area is 78.1 Å². The van der Waals surface area contributed by atoms with Gasteiger partial charge in [-0.3, -0.25) is 0 Å². The molecule has 0 radical (unpaired) electrons. The van der Waals surface area contributed by atoms with Crippen LogP contribution in [0.2, 0.25) is 0 Å². The Morgan fingerprint density at radius 3 is 2.00 bits per heavy atom. The lowest BCUT2D eigenvalue weighted by Crippen LogP contribution is -1.98. The van der Waals surface area contributed by atoms with E-state index in [4.69, 9.17) is 0 Å². The van der Waals surface area contributed by atoms with Crippen LogP contribution < -0.4 is 0 Å². The van der Waals surface area contributed by atoms with Gasteiger partial charge in [0.2, 0.25) is 0 Å². The van der Waals surface area contributed by atoms with Gasteiger partial charge < -0.3 is 0 Å². The van der Waals surface area contributed by atoms with Crippen molar-refractivity contribution in [2.45, 2.75) is 59.8 Å². The first-order valence-electron chi connectivity index (χ1n) is 5.46. The van der Waals surface area contributed by atoms with Crippen molar-refractivity contribution in [1.82, 2.24) is 0 Å². The van der Waals surface area contributed by atoms with Crippen molar-refractivity contribution in [1.29, 1.82) is 0 Å². The van der Waals surface area contributed by atoms with Gasteiger partial charge in [-0.15, -0.1) is 0 Å². The summed E-state index contributed by atoms with van der Waals surface area (Å²) < 4.78 is 0. The van der Waals surface area contributed by atoms with Crippen molar-refractivity contribution in [3.63, 3.8) is 0 Å². The Bertz CT molecular complexity index is 118. The molecule has 0 spiro atoms. The Morgan fingerprint density at radius 2 is 1.67 bits per heavy atom. The fraction of sp³-hybridized carbons (Fsp3) is 0.833. The zero-order valence-corrected chi connectivity index (χ0v) is 9.19. The molecule has 0 rings (SSSR count). The molecule has 0 saturated heterocycles. The predicted molar refractivity (Wildman–Crippen MR) is 57.4 cm³/mol. The smallest absolute Gasteiger partial charge is 0.0292 e. The number of hydrogen-bond acceptors (Lipinski definition) is 0. The zero-order chi connectivity index (χ0) is 9.40. The van der Waals surface area contributed by atoms with Crippen LogP contribution in [-0.2, 0) is 0 Å². The minimum atomic E-state index is 0.919. The molecule has 0 N–H and O–H groups in total. The summed E-state index contributed by atoms with van der Waals surface area (Å²) in [6.07, 6.45) is 8.83. The fourth-order valence-electron chi connectivity index (χ4n) is 1.61. The van der Waals surface area contributed by atoms with Gasteiger partial charge in [-0.2, -0.15) is 0 Å². The zero-order valence-electron chi connectivity index (χ0n) is 9.19. The summed E-state index contributed by atoms with van der Waals surface area (Å²) in [6, 6.07) is 0. The van der Waals surface area contributed by atoms with Gasteiger partial charge in [-0.05, 0) is 25.2 Å². The van der Waals surface area contributed by atoms with Gasteiger partial charge in [0.05, 0.1) is 0 Å². The molecule has 0 aromatic carbocycles. The lowest BCUT2D eigenvalue weighted by Gasteiger charge is -2.13. The number of hydrogen-bond donors (Lipinski definition) is 0. The van der Waals surface area contributed by atoms with Crippen LogP contribution in [0.3, 0.4) is 0 Å². The molecule has 0 aliphatic carbocycles. The maximum absolute atomic E-state index is 2.40. The molecule has 0 saturated carbocycles. The van der Waals surface area contributed by atoms with Gasteiger partial charge in [-0.25, -0.2) is 0 Å². The van der Waals surface area contributed by atoms with Gasteiger partial charge in [0, 0.05) is 0 Å². The largest absolute Gasteiger partial charge is 0.0856 e. The highest BCUT2D eigenvalue weighted by Crippen LogP contribution is 2.20. The first-order valence-corrected chi connectivity index (χ1v) is 5.46. The SMILES string of the molecule is CCC=C(CC)CC(CC)CC. The second kappa shape index (κ2) is 7.39. The van der Waals surface area contributed by atoms with E-state index in [0.29, 0.717) is 0 Å². The predicted octanol–water partition coefficient (Wildman–Crippen LogP) is 4.56. The summed E-state index contributed by atoms with van der Waals surface area (Å²) in [5.74, 6) is 0.919. The van der Waals surface area contributed by atoms with Crippen molar-refractivity contribution in [3.8, 4) is 0 Å². The average molecular weight is 168 g/mol. The maximum atomic E-state index is 2.40. The normalized spacial score (nSPS) is 12.6. The molecule has 0 nitrogen and oxygen atoms in total. The topological polar surface area (TPSA) is 0 Å². The average Bonchev–Trinajstić information content (AvgIpc) is 2.12. The van der Waals surface area contributed by atoms with Gasteiger partial charge in [0.1, 0.15) is 0 Å². The molecule has 0 heteroatoms. The minimum absolute atomic E-state index is 0.919. The molecule has 72 valence electrons. The Morgan fingerprint density at radius 1 is 1.08 bits per heavy atom. The van der Waals surface area contributed by atoms with Crippen molar-refractivity contribution in [2.24, 2.45) is 5.92 Å². The third-order valence-electron chi connectivity index (χ3n) is 2.65. The quantitative estimate of drug-likeness (QED) is 0.510. The lowest BCUT2D eigenvalue weighted by molar-refractivity contribution is 0.483. The van der Waals surface area contributed by atoms with E-state index in [1.54, 1.807) is 5.57 Å². The summed E-state index contributed by atoms with van der Waals surface area (Å²) in [6.45, 7) is 9.09. The Balaban J connectivity index is 3.91. The summed E-state index contributed by atoms with van der Waals surface area (Å²) in [4.78, 5) is 0. The molecule has 12 heavy (non-hydrogen) atoms. The molecular formula is C12H24. The monoisotopic (exact) mass is 168 g/mol. The van der Waals surface area contributed by atoms with Crippen LogP contribution in [-0.4, -0.2) is 0 Å². The number of allylic oxidation sites excluding steroid dienone is 2. The van der Waals surface area contributed by atoms with Crippen molar-refractivity contribution < 1.29 is 0 Å². The Kier molecular flexibility index (Phi) is 7.23. The van der Waals surface area contributed by atoms with Gasteiger partial charge >= 0.3 is 0 Å². The van der Waals surface area contributed by atoms with E-state index in [-0.39, 0.29) is 0 Å².